The van der Waals surface area contributed by atoms with Gasteiger partial charge in [-0.3, -0.25) is 5.01 Å². The highest BCUT2D eigenvalue weighted by Gasteiger charge is 2.31. The van der Waals surface area contributed by atoms with Crippen LogP contribution in [0.25, 0.3) is 0 Å². The summed E-state index contributed by atoms with van der Waals surface area (Å²) < 4.78 is 34.3. The molecule has 1 saturated heterocycles. The second-order valence-electron chi connectivity index (χ2n) is 8.61. The summed E-state index contributed by atoms with van der Waals surface area (Å²) in [5, 5.41) is 5.38. The van der Waals surface area contributed by atoms with Crippen molar-refractivity contribution in [3.8, 4) is 5.75 Å². The second-order valence-corrected chi connectivity index (χ2v) is 10.5. The Morgan fingerprint density at radius 2 is 1.85 bits per heavy atom. The van der Waals surface area contributed by atoms with Crippen LogP contribution in [0.2, 0.25) is 0 Å². The van der Waals surface area contributed by atoms with E-state index < -0.39 is 10.0 Å². The lowest BCUT2D eigenvalue weighted by Gasteiger charge is -2.31. The van der Waals surface area contributed by atoms with E-state index in [-0.39, 0.29) is 4.90 Å². The van der Waals surface area contributed by atoms with Gasteiger partial charge in [0.05, 0.1) is 34.7 Å². The number of hydrogen-bond donors (Lipinski definition) is 2. The first-order valence-corrected chi connectivity index (χ1v) is 13.0. The Labute approximate surface area is 196 Å². The van der Waals surface area contributed by atoms with Gasteiger partial charge < -0.3 is 20.4 Å². The van der Waals surface area contributed by atoms with E-state index in [0.29, 0.717) is 36.8 Å². The number of rotatable bonds is 8. The predicted molar refractivity (Wildman–Crippen MR) is 129 cm³/mol. The number of hydrogen-bond acceptors (Lipinski definition) is 8. The fraction of sp³-hybridized carbons (Fsp3) is 0.522. The molecule has 0 aromatic heterocycles. The lowest BCUT2D eigenvalue weighted by Crippen LogP contribution is -2.47. The first-order chi connectivity index (χ1) is 15.8. The molecule has 9 nitrogen and oxygen atoms in total. The van der Waals surface area contributed by atoms with Crippen molar-refractivity contribution in [1.82, 2.24) is 25.0 Å². The zero-order valence-electron chi connectivity index (χ0n) is 19.9. The van der Waals surface area contributed by atoms with Gasteiger partial charge in [0, 0.05) is 33.2 Å². The van der Waals surface area contributed by atoms with Crippen LogP contribution in [0.3, 0.4) is 0 Å². The minimum Gasteiger partial charge on any atom is -0.493 e. The maximum Gasteiger partial charge on any atom is 0.243 e. The molecule has 0 radical (unpaired) electrons. The van der Waals surface area contributed by atoms with Crippen LogP contribution in [0.15, 0.2) is 51.4 Å². The lowest BCUT2D eigenvalue weighted by atomic mass is 10.1. The molecule has 10 heteroatoms. The summed E-state index contributed by atoms with van der Waals surface area (Å²) in [6.45, 7) is 7.13. The summed E-state index contributed by atoms with van der Waals surface area (Å²) in [6.07, 6.45) is 4.56. The van der Waals surface area contributed by atoms with Crippen LogP contribution in [-0.4, -0.2) is 75.3 Å². The highest BCUT2D eigenvalue weighted by molar-refractivity contribution is 7.89. The molecule has 4 rings (SSSR count). The van der Waals surface area contributed by atoms with Crippen molar-refractivity contribution in [2.45, 2.75) is 38.0 Å². The SMILES string of the molecule is CCCOc1ccc(S(=O)(=O)N2CCN(C)CC2)cc1C1=NC=C2C(=C(CCC)NN2C)N1. The lowest BCUT2D eigenvalue weighted by molar-refractivity contribution is 0.222. The third-order valence-electron chi connectivity index (χ3n) is 6.05. The van der Waals surface area contributed by atoms with Gasteiger partial charge >= 0.3 is 0 Å². The maximum atomic E-state index is 13.4. The number of ether oxygens (including phenoxy) is 1. The number of likely N-dealkylation sites (N-methyl/N-ethyl adjacent to an activating group) is 2. The molecule has 0 saturated carbocycles. The van der Waals surface area contributed by atoms with E-state index in [1.807, 2.05) is 32.2 Å². The molecule has 1 fully saturated rings. The first kappa shape index (κ1) is 23.6. The number of fused-ring (bicyclic) bond motifs is 1. The predicted octanol–water partition coefficient (Wildman–Crippen LogP) is 2.06. The Balaban J connectivity index is 1.72. The molecule has 33 heavy (non-hydrogen) atoms. The van der Waals surface area contributed by atoms with E-state index in [2.05, 4.69) is 27.6 Å². The fourth-order valence-electron chi connectivity index (χ4n) is 4.15. The largest absolute Gasteiger partial charge is 0.493 e. The quantitative estimate of drug-likeness (QED) is 0.596. The van der Waals surface area contributed by atoms with Crippen LogP contribution in [0, 0.1) is 0 Å². The molecule has 1 aromatic carbocycles. The molecule has 0 unspecified atom stereocenters. The Hall–Kier alpha value is -2.56. The summed E-state index contributed by atoms with van der Waals surface area (Å²) in [6, 6.07) is 5.08. The normalized spacial score (nSPS) is 19.6. The van der Waals surface area contributed by atoms with Gasteiger partial charge in [0.1, 0.15) is 17.3 Å². The zero-order chi connectivity index (χ0) is 23.6. The Morgan fingerprint density at radius 3 is 2.55 bits per heavy atom. The molecule has 3 aliphatic rings. The summed E-state index contributed by atoms with van der Waals surface area (Å²) in [7, 11) is 0.352. The Kier molecular flexibility index (Phi) is 6.96. The van der Waals surface area contributed by atoms with E-state index in [4.69, 9.17) is 4.74 Å². The van der Waals surface area contributed by atoms with Gasteiger partial charge in [-0.1, -0.05) is 20.3 Å². The van der Waals surface area contributed by atoms with Crippen LogP contribution in [0.5, 0.6) is 5.75 Å². The van der Waals surface area contributed by atoms with Gasteiger partial charge in [0.15, 0.2) is 0 Å². The molecule has 1 aromatic rings. The van der Waals surface area contributed by atoms with E-state index >= 15 is 0 Å². The standard InChI is InChI=1S/C23H34N6O3S/c1-5-7-19-22-20(28(4)26-19)16-24-23(25-22)18-15-17(8-9-21(18)32-14-6-2)33(30,31)29-12-10-27(3)11-13-29/h8-9,15-16,26H,5-7,10-14H2,1-4H3,(H,24,25). The van der Waals surface area contributed by atoms with Gasteiger partial charge in [-0.15, -0.1) is 0 Å². The smallest absolute Gasteiger partial charge is 0.243 e. The summed E-state index contributed by atoms with van der Waals surface area (Å²) in [5.41, 5.74) is 7.04. The summed E-state index contributed by atoms with van der Waals surface area (Å²) in [4.78, 5) is 7.03. The number of aliphatic imine (C=N–C) groups is 1. The molecule has 0 atom stereocenters. The second kappa shape index (κ2) is 9.74. The number of nitrogens with zero attached hydrogens (tertiary/aromatic N) is 4. The van der Waals surface area contributed by atoms with Gasteiger partial charge in [-0.25, -0.2) is 13.4 Å². The minimum atomic E-state index is -3.61. The fourth-order valence-corrected chi connectivity index (χ4v) is 5.59. The number of benzene rings is 1. The highest BCUT2D eigenvalue weighted by Crippen LogP contribution is 2.30. The maximum absolute atomic E-state index is 13.4. The van der Waals surface area contributed by atoms with E-state index in [0.717, 1.165) is 49.4 Å². The molecule has 3 heterocycles. The Morgan fingerprint density at radius 1 is 1.09 bits per heavy atom. The zero-order valence-corrected chi connectivity index (χ0v) is 20.7. The summed E-state index contributed by atoms with van der Waals surface area (Å²) in [5.74, 6) is 1.20. The van der Waals surface area contributed by atoms with Gasteiger partial charge in [-0.05, 0) is 38.1 Å². The van der Waals surface area contributed by atoms with Gasteiger partial charge in [0.2, 0.25) is 10.0 Å². The molecule has 0 bridgehead atoms. The van der Waals surface area contributed by atoms with Crippen molar-refractivity contribution >= 4 is 15.9 Å². The number of piperazine rings is 1. The molecular weight excluding hydrogens is 440 g/mol. The minimum absolute atomic E-state index is 0.259. The topological polar surface area (TPSA) is 89.5 Å². The molecule has 3 aliphatic heterocycles. The summed E-state index contributed by atoms with van der Waals surface area (Å²) >= 11 is 0. The number of sulfonamides is 1. The van der Waals surface area contributed by atoms with Crippen molar-refractivity contribution in [1.29, 1.82) is 0 Å². The van der Waals surface area contributed by atoms with Crippen LogP contribution >= 0.6 is 0 Å². The van der Waals surface area contributed by atoms with Crippen molar-refractivity contribution in [3.05, 3.63) is 47.1 Å². The molecule has 0 amide bonds. The average molecular weight is 475 g/mol. The van der Waals surface area contributed by atoms with Crippen molar-refractivity contribution < 1.29 is 13.2 Å². The third kappa shape index (κ3) is 4.73. The number of amidine groups is 1. The molecule has 180 valence electrons. The van der Waals surface area contributed by atoms with Crippen LogP contribution in [0.4, 0.5) is 0 Å². The number of nitrogens with one attached hydrogen (secondary N) is 2. The van der Waals surface area contributed by atoms with Crippen molar-refractivity contribution in [3.63, 3.8) is 0 Å². The van der Waals surface area contributed by atoms with Gasteiger partial charge in [-0.2, -0.15) is 4.31 Å². The van der Waals surface area contributed by atoms with Crippen LogP contribution in [-0.2, 0) is 10.0 Å². The third-order valence-corrected chi connectivity index (χ3v) is 7.94. The monoisotopic (exact) mass is 474 g/mol. The number of allylic oxidation sites excluding steroid dienone is 1. The Bertz CT molecular complexity index is 1090. The average Bonchev–Trinajstić information content (AvgIpc) is 3.12. The molecule has 2 N–H and O–H groups in total. The van der Waals surface area contributed by atoms with E-state index in [1.165, 1.54) is 0 Å². The molecular formula is C23H34N6O3S. The first-order valence-electron chi connectivity index (χ1n) is 11.6. The molecule has 0 spiro atoms. The molecule has 0 aliphatic carbocycles. The van der Waals surface area contributed by atoms with Crippen molar-refractivity contribution in [2.24, 2.45) is 4.99 Å². The van der Waals surface area contributed by atoms with Gasteiger partial charge in [0.25, 0.3) is 0 Å². The highest BCUT2D eigenvalue weighted by atomic mass is 32.2. The van der Waals surface area contributed by atoms with E-state index in [1.54, 1.807) is 22.5 Å². The van der Waals surface area contributed by atoms with Crippen molar-refractivity contribution in [2.75, 3.05) is 46.9 Å². The van der Waals surface area contributed by atoms with Crippen LogP contribution in [0.1, 0.15) is 38.7 Å². The van der Waals surface area contributed by atoms with Crippen LogP contribution < -0.4 is 15.5 Å². The van der Waals surface area contributed by atoms with E-state index in [9.17, 15) is 8.42 Å². The number of hydrazine groups is 1.